The highest BCUT2D eigenvalue weighted by Crippen LogP contribution is 2.37. The van der Waals surface area contributed by atoms with Gasteiger partial charge in [0.1, 0.15) is 0 Å². The van der Waals surface area contributed by atoms with Gasteiger partial charge in [-0.3, -0.25) is 9.59 Å². The molecule has 0 aliphatic heterocycles. The van der Waals surface area contributed by atoms with Crippen molar-refractivity contribution >= 4 is 28.4 Å². The van der Waals surface area contributed by atoms with Crippen LogP contribution in [0, 0.1) is 0 Å². The lowest BCUT2D eigenvalue weighted by molar-refractivity contribution is -0.118. The van der Waals surface area contributed by atoms with Crippen molar-refractivity contribution in [3.05, 3.63) is 60.2 Å². The van der Waals surface area contributed by atoms with Gasteiger partial charge in [0, 0.05) is 31.0 Å². The van der Waals surface area contributed by atoms with E-state index in [2.05, 4.69) is 15.5 Å². The van der Waals surface area contributed by atoms with E-state index in [9.17, 15) is 14.7 Å². The summed E-state index contributed by atoms with van der Waals surface area (Å²) in [7, 11) is 1.71. The van der Waals surface area contributed by atoms with Crippen LogP contribution < -0.4 is 5.32 Å². The van der Waals surface area contributed by atoms with Crippen LogP contribution in [0.25, 0.3) is 10.9 Å². The molecular weight excluding hydrogens is 332 g/mol. The van der Waals surface area contributed by atoms with Crippen LogP contribution in [-0.4, -0.2) is 28.0 Å². The summed E-state index contributed by atoms with van der Waals surface area (Å²) in [6.45, 7) is 0.160. The molecule has 0 bridgehead atoms. The molecule has 2 amide bonds. The van der Waals surface area contributed by atoms with Gasteiger partial charge in [-0.25, -0.2) is 0 Å². The number of nitrogens with one attached hydrogen (secondary N) is 1. The van der Waals surface area contributed by atoms with Gasteiger partial charge >= 0.3 is 0 Å². The molecule has 3 aromatic rings. The average Bonchev–Trinajstić information content (AvgIpc) is 2.91. The Labute approximate surface area is 150 Å². The van der Waals surface area contributed by atoms with Crippen LogP contribution in [0.3, 0.4) is 0 Å². The second-order valence-electron chi connectivity index (χ2n) is 5.71. The second kappa shape index (κ2) is 7.60. The Hall–Kier alpha value is -3.48. The number of fused-ring (bicyclic) bond motifs is 1. The number of hydrogen-bond acceptors (Lipinski definition) is 4. The van der Waals surface area contributed by atoms with Crippen LogP contribution in [0.1, 0.15) is 16.8 Å². The van der Waals surface area contributed by atoms with Gasteiger partial charge in [-0.15, -0.1) is 10.2 Å². The SMILES string of the molecule is Cn1c(O)c(N=NC(=O)CCNC(=O)c2ccccc2)c2ccccc21. The van der Waals surface area contributed by atoms with Crippen molar-refractivity contribution in [3.63, 3.8) is 0 Å². The fourth-order valence-corrected chi connectivity index (χ4v) is 2.59. The molecule has 2 aromatic carbocycles. The van der Waals surface area contributed by atoms with E-state index in [0.29, 0.717) is 10.9 Å². The van der Waals surface area contributed by atoms with Gasteiger partial charge in [0.15, 0.2) is 5.69 Å². The van der Waals surface area contributed by atoms with Gasteiger partial charge in [0.25, 0.3) is 11.8 Å². The van der Waals surface area contributed by atoms with Crippen molar-refractivity contribution in [2.24, 2.45) is 17.3 Å². The first-order valence-corrected chi connectivity index (χ1v) is 8.12. The minimum Gasteiger partial charge on any atom is -0.493 e. The van der Waals surface area contributed by atoms with Crippen LogP contribution in [0.2, 0.25) is 0 Å². The normalized spacial score (nSPS) is 11.1. The fourth-order valence-electron chi connectivity index (χ4n) is 2.59. The molecule has 0 aliphatic rings. The van der Waals surface area contributed by atoms with E-state index < -0.39 is 5.91 Å². The molecule has 0 aliphatic carbocycles. The summed E-state index contributed by atoms with van der Waals surface area (Å²) in [5, 5.41) is 21.1. The van der Waals surface area contributed by atoms with Crippen molar-refractivity contribution in [2.75, 3.05) is 6.54 Å². The molecule has 7 heteroatoms. The highest BCUT2D eigenvalue weighted by atomic mass is 16.3. The zero-order valence-electron chi connectivity index (χ0n) is 14.2. The molecule has 1 heterocycles. The van der Waals surface area contributed by atoms with E-state index in [-0.39, 0.29) is 30.4 Å². The molecule has 0 fully saturated rings. The van der Waals surface area contributed by atoms with Gasteiger partial charge < -0.3 is 15.0 Å². The van der Waals surface area contributed by atoms with Gasteiger partial charge in [0.05, 0.1) is 5.52 Å². The molecule has 132 valence electrons. The number of benzene rings is 2. The molecule has 3 rings (SSSR count). The number of amides is 2. The lowest BCUT2D eigenvalue weighted by Gasteiger charge is -2.02. The van der Waals surface area contributed by atoms with Crippen molar-refractivity contribution in [1.82, 2.24) is 9.88 Å². The first kappa shape index (κ1) is 17.3. The van der Waals surface area contributed by atoms with Crippen LogP contribution in [0.4, 0.5) is 5.69 Å². The summed E-state index contributed by atoms with van der Waals surface area (Å²) < 4.78 is 1.58. The number of azo groups is 1. The maximum Gasteiger partial charge on any atom is 0.266 e. The van der Waals surface area contributed by atoms with E-state index in [1.807, 2.05) is 24.3 Å². The Morgan fingerprint density at radius 2 is 1.77 bits per heavy atom. The lowest BCUT2D eigenvalue weighted by atomic mass is 10.2. The Morgan fingerprint density at radius 3 is 2.54 bits per heavy atom. The molecule has 2 N–H and O–H groups in total. The van der Waals surface area contributed by atoms with E-state index >= 15 is 0 Å². The summed E-state index contributed by atoms with van der Waals surface area (Å²) in [4.78, 5) is 23.8. The number of nitrogens with zero attached hydrogens (tertiary/aromatic N) is 3. The van der Waals surface area contributed by atoms with Gasteiger partial charge in [0.2, 0.25) is 5.88 Å². The third-order valence-electron chi connectivity index (χ3n) is 3.97. The van der Waals surface area contributed by atoms with Crippen LogP contribution >= 0.6 is 0 Å². The number of rotatable bonds is 5. The van der Waals surface area contributed by atoms with E-state index in [1.54, 1.807) is 41.9 Å². The summed E-state index contributed by atoms with van der Waals surface area (Å²) in [5.41, 5.74) is 1.58. The molecule has 0 saturated heterocycles. The van der Waals surface area contributed by atoms with Crippen LogP contribution in [-0.2, 0) is 11.8 Å². The molecule has 1 aromatic heterocycles. The minimum absolute atomic E-state index is 0.0214. The molecule has 0 unspecified atom stereocenters. The van der Waals surface area contributed by atoms with Gasteiger partial charge in [-0.05, 0) is 18.2 Å². The van der Waals surface area contributed by atoms with E-state index in [1.165, 1.54) is 0 Å². The molecule has 0 saturated carbocycles. The zero-order valence-corrected chi connectivity index (χ0v) is 14.2. The van der Waals surface area contributed by atoms with Crippen molar-refractivity contribution < 1.29 is 14.7 Å². The fraction of sp³-hybridized carbons (Fsp3) is 0.158. The molecule has 7 nitrogen and oxygen atoms in total. The molecule has 0 spiro atoms. The Morgan fingerprint density at radius 1 is 1.08 bits per heavy atom. The standard InChI is InChI=1S/C19H18N4O3/c1-23-15-10-6-5-9-14(15)17(19(23)26)22-21-16(24)11-12-20-18(25)13-7-3-2-4-8-13/h2-10,26H,11-12H2,1H3,(H,20,25). The number of aromatic nitrogens is 1. The van der Waals surface area contributed by atoms with Crippen molar-refractivity contribution in [2.45, 2.75) is 6.42 Å². The second-order valence-corrected chi connectivity index (χ2v) is 5.71. The summed E-state index contributed by atoms with van der Waals surface area (Å²) >= 11 is 0. The lowest BCUT2D eigenvalue weighted by Crippen LogP contribution is -2.25. The first-order chi connectivity index (χ1) is 12.6. The number of carbonyl (C=O) groups is 2. The largest absolute Gasteiger partial charge is 0.493 e. The highest BCUT2D eigenvalue weighted by molar-refractivity contribution is 5.95. The van der Waals surface area contributed by atoms with Gasteiger partial charge in [-0.2, -0.15) is 0 Å². The van der Waals surface area contributed by atoms with E-state index in [4.69, 9.17) is 0 Å². The number of carbonyl (C=O) groups excluding carboxylic acids is 2. The topological polar surface area (TPSA) is 96.0 Å². The average molecular weight is 350 g/mol. The summed E-state index contributed by atoms with van der Waals surface area (Å²) in [5.74, 6) is -0.784. The monoisotopic (exact) mass is 350 g/mol. The predicted molar refractivity (Wildman–Crippen MR) is 97.5 cm³/mol. The maximum atomic E-state index is 11.9. The van der Waals surface area contributed by atoms with Crippen LogP contribution in [0.5, 0.6) is 5.88 Å². The zero-order chi connectivity index (χ0) is 18.5. The Balaban J connectivity index is 1.60. The molecule has 0 radical (unpaired) electrons. The number of aryl methyl sites for hydroxylation is 1. The summed E-state index contributed by atoms with van der Waals surface area (Å²) in [6.07, 6.45) is 0.0214. The third kappa shape index (κ3) is 3.61. The Kier molecular flexibility index (Phi) is 5.07. The van der Waals surface area contributed by atoms with Gasteiger partial charge in [-0.1, -0.05) is 36.4 Å². The maximum absolute atomic E-state index is 11.9. The summed E-state index contributed by atoms with van der Waals surface area (Å²) in [6, 6.07) is 16.1. The molecule has 0 atom stereocenters. The van der Waals surface area contributed by atoms with Crippen molar-refractivity contribution in [3.8, 4) is 5.88 Å². The third-order valence-corrected chi connectivity index (χ3v) is 3.97. The quantitative estimate of drug-likeness (QED) is 0.691. The van der Waals surface area contributed by atoms with Crippen LogP contribution in [0.15, 0.2) is 64.8 Å². The number of para-hydroxylation sites is 1. The molecular formula is C19H18N4O3. The van der Waals surface area contributed by atoms with E-state index in [0.717, 1.165) is 5.52 Å². The highest BCUT2D eigenvalue weighted by Gasteiger charge is 2.14. The smallest absolute Gasteiger partial charge is 0.266 e. The minimum atomic E-state index is -0.481. The number of hydrogen-bond donors (Lipinski definition) is 2. The Bertz CT molecular complexity index is 977. The van der Waals surface area contributed by atoms with Crippen molar-refractivity contribution in [1.29, 1.82) is 0 Å². The number of aromatic hydroxyl groups is 1. The predicted octanol–water partition coefficient (Wildman–Crippen LogP) is 3.31. The first-order valence-electron chi connectivity index (χ1n) is 8.12. The molecule has 26 heavy (non-hydrogen) atoms.